The van der Waals surface area contributed by atoms with Crippen LogP contribution in [0.4, 0.5) is 0 Å². The molecule has 1 spiro atoms. The van der Waals surface area contributed by atoms with Gasteiger partial charge in [-0.15, -0.1) is 10.2 Å². The molecule has 4 rings (SSSR count). The highest BCUT2D eigenvalue weighted by molar-refractivity contribution is 7.99. The molecular formula is C23H29N5O4S. The van der Waals surface area contributed by atoms with E-state index in [1.807, 2.05) is 34.9 Å². The first kappa shape index (κ1) is 23.4. The number of carbonyl (C=O) groups is 3. The average Bonchev–Trinajstić information content (AvgIpc) is 3.21. The van der Waals surface area contributed by atoms with Crippen molar-refractivity contribution in [3.05, 3.63) is 41.7 Å². The van der Waals surface area contributed by atoms with Gasteiger partial charge in [0.25, 0.3) is 5.91 Å². The van der Waals surface area contributed by atoms with Gasteiger partial charge >= 0.3 is 0 Å². The first-order chi connectivity index (χ1) is 16.0. The molecule has 1 saturated heterocycles. The van der Waals surface area contributed by atoms with Crippen molar-refractivity contribution in [1.29, 1.82) is 0 Å². The number of hydrogen-bond acceptors (Lipinski definition) is 7. The Kier molecular flexibility index (Phi) is 7.44. The van der Waals surface area contributed by atoms with E-state index >= 15 is 0 Å². The molecule has 1 aromatic heterocycles. The summed E-state index contributed by atoms with van der Waals surface area (Å²) in [6, 6.07) is 10.0. The summed E-state index contributed by atoms with van der Waals surface area (Å²) in [5, 5.41) is 11.7. The molecule has 1 aliphatic carbocycles. The number of imide groups is 1. The molecule has 0 atom stereocenters. The van der Waals surface area contributed by atoms with Crippen LogP contribution in [0.1, 0.15) is 43.5 Å². The summed E-state index contributed by atoms with van der Waals surface area (Å²) >= 11 is 1.28. The molecule has 2 fully saturated rings. The number of ether oxygens (including phenoxy) is 1. The second kappa shape index (κ2) is 10.5. The molecule has 0 bridgehead atoms. The van der Waals surface area contributed by atoms with Crippen LogP contribution in [0, 0.1) is 0 Å². The summed E-state index contributed by atoms with van der Waals surface area (Å²) in [4.78, 5) is 39.6. The predicted molar refractivity (Wildman–Crippen MR) is 123 cm³/mol. The van der Waals surface area contributed by atoms with Gasteiger partial charge in [-0.3, -0.25) is 19.7 Å². The number of carbonyl (C=O) groups excluding carboxylic acids is 3. The van der Waals surface area contributed by atoms with Crippen molar-refractivity contribution in [3.63, 3.8) is 0 Å². The minimum Gasteiger partial charge on any atom is -0.383 e. The molecule has 0 unspecified atom stereocenters. The molecule has 1 saturated carbocycles. The lowest BCUT2D eigenvalue weighted by Crippen LogP contribution is -2.69. The van der Waals surface area contributed by atoms with Gasteiger partial charge in [-0.05, 0) is 18.4 Å². The van der Waals surface area contributed by atoms with Crippen molar-refractivity contribution in [2.24, 2.45) is 0 Å². The number of amides is 3. The number of methoxy groups -OCH3 is 1. The fourth-order valence-corrected chi connectivity index (χ4v) is 5.47. The molecule has 1 aromatic carbocycles. The Balaban J connectivity index is 1.49. The molecule has 1 N–H and O–H groups in total. The summed E-state index contributed by atoms with van der Waals surface area (Å²) in [5.41, 5.74) is 0.208. The van der Waals surface area contributed by atoms with Gasteiger partial charge in [0, 0.05) is 20.1 Å². The highest BCUT2D eigenvalue weighted by Crippen LogP contribution is 2.36. The number of piperazine rings is 1. The van der Waals surface area contributed by atoms with Gasteiger partial charge in [0.15, 0.2) is 5.16 Å². The first-order valence-corrected chi connectivity index (χ1v) is 12.2. The molecule has 1 aliphatic heterocycles. The molecule has 10 heteroatoms. The summed E-state index contributed by atoms with van der Waals surface area (Å²) < 4.78 is 7.22. The summed E-state index contributed by atoms with van der Waals surface area (Å²) in [6.07, 6.45) is 4.57. The van der Waals surface area contributed by atoms with Crippen LogP contribution in [0.15, 0.2) is 35.5 Å². The molecule has 176 valence electrons. The van der Waals surface area contributed by atoms with Crippen LogP contribution in [0.5, 0.6) is 0 Å². The maximum atomic E-state index is 13.2. The van der Waals surface area contributed by atoms with Gasteiger partial charge in [0.1, 0.15) is 17.9 Å². The third-order valence-corrected chi connectivity index (χ3v) is 7.27. The van der Waals surface area contributed by atoms with Crippen molar-refractivity contribution in [1.82, 2.24) is 25.0 Å². The maximum absolute atomic E-state index is 13.2. The van der Waals surface area contributed by atoms with Crippen molar-refractivity contribution < 1.29 is 19.1 Å². The van der Waals surface area contributed by atoms with Gasteiger partial charge in [-0.25, -0.2) is 0 Å². The van der Waals surface area contributed by atoms with E-state index in [1.54, 1.807) is 7.11 Å². The second-order valence-corrected chi connectivity index (χ2v) is 9.39. The van der Waals surface area contributed by atoms with Crippen molar-refractivity contribution in [2.45, 2.75) is 55.8 Å². The SMILES string of the molecule is COCCn1c(Cc2ccccc2)nnc1SCC(=O)N1CC(=O)NC(=O)C12CCCCC2. The zero-order valence-corrected chi connectivity index (χ0v) is 19.6. The number of aromatic nitrogens is 3. The first-order valence-electron chi connectivity index (χ1n) is 11.3. The fraction of sp³-hybridized carbons (Fsp3) is 0.522. The number of hydrogen-bond donors (Lipinski definition) is 1. The lowest BCUT2D eigenvalue weighted by molar-refractivity contribution is -0.158. The Bertz CT molecular complexity index is 1000. The van der Waals surface area contributed by atoms with Crippen LogP contribution >= 0.6 is 11.8 Å². The van der Waals surface area contributed by atoms with Gasteiger partial charge in [0.2, 0.25) is 11.8 Å². The van der Waals surface area contributed by atoms with Gasteiger partial charge in [-0.2, -0.15) is 0 Å². The van der Waals surface area contributed by atoms with E-state index in [1.165, 1.54) is 16.7 Å². The number of benzene rings is 1. The monoisotopic (exact) mass is 471 g/mol. The van der Waals surface area contributed by atoms with Crippen LogP contribution in [0.3, 0.4) is 0 Å². The summed E-state index contributed by atoms with van der Waals surface area (Å²) in [5.74, 6) is -0.118. The standard InChI is InChI=1S/C23H29N5O4S/c1-32-13-12-27-18(14-17-8-4-2-5-9-17)25-26-22(27)33-16-20(30)28-15-19(29)24-21(31)23(28)10-6-3-7-11-23/h2,4-5,8-9H,3,6-7,10-16H2,1H3,(H,24,29,31). The van der Waals surface area contributed by atoms with E-state index in [0.717, 1.165) is 30.7 Å². The second-order valence-electron chi connectivity index (χ2n) is 8.44. The molecule has 2 aromatic rings. The average molecular weight is 472 g/mol. The lowest BCUT2D eigenvalue weighted by atomic mass is 9.78. The van der Waals surface area contributed by atoms with Crippen LogP contribution in [0.25, 0.3) is 0 Å². The Morgan fingerprint density at radius 3 is 2.64 bits per heavy atom. The molecule has 3 amide bonds. The zero-order valence-electron chi connectivity index (χ0n) is 18.8. The molecule has 0 radical (unpaired) electrons. The third kappa shape index (κ3) is 5.11. The minimum atomic E-state index is -0.911. The smallest absolute Gasteiger partial charge is 0.252 e. The molecule has 9 nitrogen and oxygen atoms in total. The Hall–Kier alpha value is -2.72. The molecule has 2 heterocycles. The van der Waals surface area contributed by atoms with E-state index in [-0.39, 0.29) is 24.1 Å². The number of thioether (sulfide) groups is 1. The van der Waals surface area contributed by atoms with Crippen molar-refractivity contribution in [3.8, 4) is 0 Å². The van der Waals surface area contributed by atoms with Crippen molar-refractivity contribution >= 4 is 29.5 Å². The van der Waals surface area contributed by atoms with Gasteiger partial charge < -0.3 is 14.2 Å². The molecular weight excluding hydrogens is 442 g/mol. The van der Waals surface area contributed by atoms with E-state index in [4.69, 9.17) is 4.74 Å². The highest BCUT2D eigenvalue weighted by Gasteiger charge is 2.50. The minimum absolute atomic E-state index is 0.0821. The largest absolute Gasteiger partial charge is 0.383 e. The number of nitrogens with one attached hydrogen (secondary N) is 1. The summed E-state index contributed by atoms with van der Waals surface area (Å²) in [6.45, 7) is 0.975. The quantitative estimate of drug-likeness (QED) is 0.462. The number of rotatable bonds is 8. The topological polar surface area (TPSA) is 106 Å². The Morgan fingerprint density at radius 2 is 1.91 bits per heavy atom. The van der Waals surface area contributed by atoms with Crippen LogP contribution in [0.2, 0.25) is 0 Å². The predicted octanol–water partition coefficient (Wildman–Crippen LogP) is 1.80. The summed E-state index contributed by atoms with van der Waals surface area (Å²) in [7, 11) is 1.64. The zero-order chi connectivity index (χ0) is 23.3. The van der Waals surface area contributed by atoms with Crippen molar-refractivity contribution in [2.75, 3.05) is 26.0 Å². The highest BCUT2D eigenvalue weighted by atomic mass is 32.2. The van der Waals surface area contributed by atoms with Crippen LogP contribution in [-0.2, 0) is 32.1 Å². The van der Waals surface area contributed by atoms with E-state index in [2.05, 4.69) is 15.5 Å². The molecule has 2 aliphatic rings. The third-order valence-electron chi connectivity index (χ3n) is 6.32. The molecule has 33 heavy (non-hydrogen) atoms. The Morgan fingerprint density at radius 1 is 1.15 bits per heavy atom. The normalized spacial score (nSPS) is 17.9. The van der Waals surface area contributed by atoms with E-state index in [0.29, 0.717) is 37.6 Å². The number of nitrogens with zero attached hydrogens (tertiary/aromatic N) is 4. The fourth-order valence-electron chi connectivity index (χ4n) is 4.61. The van der Waals surface area contributed by atoms with E-state index in [9.17, 15) is 14.4 Å². The van der Waals surface area contributed by atoms with Crippen LogP contribution in [-0.4, -0.2) is 68.9 Å². The van der Waals surface area contributed by atoms with Gasteiger partial charge in [0.05, 0.1) is 12.4 Å². The Labute approximate surface area is 197 Å². The lowest BCUT2D eigenvalue weighted by Gasteiger charge is -2.47. The van der Waals surface area contributed by atoms with Crippen LogP contribution < -0.4 is 5.32 Å². The van der Waals surface area contributed by atoms with E-state index < -0.39 is 11.4 Å². The van der Waals surface area contributed by atoms with Gasteiger partial charge in [-0.1, -0.05) is 61.4 Å². The maximum Gasteiger partial charge on any atom is 0.252 e.